The van der Waals surface area contributed by atoms with E-state index in [-0.39, 0.29) is 12.6 Å². The molecule has 0 heterocycles. The molecule has 0 bridgehead atoms. The maximum atomic E-state index is 9.44. The summed E-state index contributed by atoms with van der Waals surface area (Å²) in [6.45, 7) is 0.787. The summed E-state index contributed by atoms with van der Waals surface area (Å²) in [7, 11) is 0. The van der Waals surface area contributed by atoms with Gasteiger partial charge in [0, 0.05) is 12.6 Å². The molecule has 0 aliphatic carbocycles. The molecule has 0 aliphatic rings. The van der Waals surface area contributed by atoms with Crippen molar-refractivity contribution in [3.05, 3.63) is 71.3 Å². The van der Waals surface area contributed by atoms with Crippen molar-refractivity contribution in [1.82, 2.24) is 5.32 Å². The van der Waals surface area contributed by atoms with Gasteiger partial charge in [0.15, 0.2) is 0 Å². The van der Waals surface area contributed by atoms with Crippen molar-refractivity contribution < 1.29 is 5.11 Å². The molecule has 3 nitrogen and oxygen atoms in total. The summed E-state index contributed by atoms with van der Waals surface area (Å²) in [5.74, 6) is 0. The Balaban J connectivity index is 1.88. The van der Waals surface area contributed by atoms with E-state index in [1.54, 1.807) is 0 Å². The van der Waals surface area contributed by atoms with E-state index in [0.717, 1.165) is 12.0 Å². The third-order valence-electron chi connectivity index (χ3n) is 3.22. The zero-order valence-corrected chi connectivity index (χ0v) is 11.3. The van der Waals surface area contributed by atoms with Gasteiger partial charge in [-0.1, -0.05) is 42.5 Å². The van der Waals surface area contributed by atoms with Crippen LogP contribution in [0.15, 0.2) is 54.6 Å². The minimum atomic E-state index is 0.0352. The van der Waals surface area contributed by atoms with Gasteiger partial charge in [-0.15, -0.1) is 0 Å². The Labute approximate surface area is 119 Å². The average Bonchev–Trinajstić information content (AvgIpc) is 2.53. The Morgan fingerprint density at radius 1 is 1.00 bits per heavy atom. The molecule has 0 spiro atoms. The van der Waals surface area contributed by atoms with Crippen LogP contribution in [-0.4, -0.2) is 17.8 Å². The number of aliphatic hydroxyl groups is 1. The van der Waals surface area contributed by atoms with Crippen molar-refractivity contribution >= 4 is 0 Å². The fourth-order valence-electron chi connectivity index (χ4n) is 2.06. The molecule has 1 atom stereocenters. The summed E-state index contributed by atoms with van der Waals surface area (Å²) in [5.41, 5.74) is 2.98. The van der Waals surface area contributed by atoms with E-state index in [0.29, 0.717) is 12.1 Å². The zero-order valence-electron chi connectivity index (χ0n) is 11.3. The summed E-state index contributed by atoms with van der Waals surface area (Å²) in [5, 5.41) is 21.5. The standard InChI is InChI=1S/C17H18N2O/c18-11-15-6-8-16(9-7-15)12-19-17(13-20)10-14-4-2-1-3-5-14/h1-9,17,19-20H,10,12-13H2. The molecule has 1 unspecified atom stereocenters. The smallest absolute Gasteiger partial charge is 0.0991 e. The van der Waals surface area contributed by atoms with Crippen molar-refractivity contribution in [3.63, 3.8) is 0 Å². The predicted molar refractivity (Wildman–Crippen MR) is 79.0 cm³/mol. The Kier molecular flexibility index (Phi) is 5.31. The van der Waals surface area contributed by atoms with Gasteiger partial charge in [0.05, 0.1) is 18.2 Å². The molecule has 0 aromatic heterocycles. The van der Waals surface area contributed by atoms with E-state index in [1.807, 2.05) is 42.5 Å². The minimum absolute atomic E-state index is 0.0352. The first kappa shape index (κ1) is 14.3. The van der Waals surface area contributed by atoms with Gasteiger partial charge >= 0.3 is 0 Å². The minimum Gasteiger partial charge on any atom is -0.395 e. The van der Waals surface area contributed by atoms with Crippen LogP contribution < -0.4 is 5.32 Å². The molecule has 0 saturated carbocycles. The molecule has 102 valence electrons. The Hall–Kier alpha value is -2.15. The first-order valence-corrected chi connectivity index (χ1v) is 6.69. The lowest BCUT2D eigenvalue weighted by Crippen LogP contribution is -2.34. The largest absolute Gasteiger partial charge is 0.395 e. The van der Waals surface area contributed by atoms with Crippen molar-refractivity contribution in [2.24, 2.45) is 0 Å². The van der Waals surface area contributed by atoms with Gasteiger partial charge in [0.25, 0.3) is 0 Å². The Morgan fingerprint density at radius 3 is 2.30 bits per heavy atom. The maximum absolute atomic E-state index is 9.44. The van der Waals surface area contributed by atoms with Crippen molar-refractivity contribution in [3.8, 4) is 6.07 Å². The molecule has 3 heteroatoms. The van der Waals surface area contributed by atoms with Gasteiger partial charge in [-0.05, 0) is 29.7 Å². The van der Waals surface area contributed by atoms with Crippen LogP contribution in [0.2, 0.25) is 0 Å². The maximum Gasteiger partial charge on any atom is 0.0991 e. The highest BCUT2D eigenvalue weighted by atomic mass is 16.3. The molecular weight excluding hydrogens is 248 g/mol. The lowest BCUT2D eigenvalue weighted by Gasteiger charge is -2.16. The van der Waals surface area contributed by atoms with Crippen LogP contribution in [0.4, 0.5) is 0 Å². The van der Waals surface area contributed by atoms with E-state index < -0.39 is 0 Å². The molecule has 2 N–H and O–H groups in total. The first-order chi connectivity index (χ1) is 9.81. The Morgan fingerprint density at radius 2 is 1.70 bits per heavy atom. The number of nitrogens with one attached hydrogen (secondary N) is 1. The number of hydrogen-bond donors (Lipinski definition) is 2. The molecule has 0 fully saturated rings. The van der Waals surface area contributed by atoms with Gasteiger partial charge in [-0.3, -0.25) is 0 Å². The fraction of sp³-hybridized carbons (Fsp3) is 0.235. The lowest BCUT2D eigenvalue weighted by atomic mass is 10.1. The molecule has 2 rings (SSSR count). The van der Waals surface area contributed by atoms with E-state index in [2.05, 4.69) is 23.5 Å². The summed E-state index contributed by atoms with van der Waals surface area (Å²) in [6.07, 6.45) is 0.799. The zero-order chi connectivity index (χ0) is 14.2. The highest BCUT2D eigenvalue weighted by molar-refractivity contribution is 5.31. The highest BCUT2D eigenvalue weighted by Gasteiger charge is 2.07. The quantitative estimate of drug-likeness (QED) is 0.843. The summed E-state index contributed by atoms with van der Waals surface area (Å²) in [4.78, 5) is 0. The molecule has 20 heavy (non-hydrogen) atoms. The third kappa shape index (κ3) is 4.20. The molecule has 2 aromatic rings. The molecule has 0 radical (unpaired) electrons. The van der Waals surface area contributed by atoms with Crippen LogP contribution in [0.25, 0.3) is 0 Å². The van der Waals surface area contributed by atoms with Gasteiger partial charge in [0.1, 0.15) is 0 Å². The second-order valence-electron chi connectivity index (χ2n) is 4.76. The second kappa shape index (κ2) is 7.44. The van der Waals surface area contributed by atoms with Crippen LogP contribution in [-0.2, 0) is 13.0 Å². The van der Waals surface area contributed by atoms with E-state index >= 15 is 0 Å². The fourth-order valence-corrected chi connectivity index (χ4v) is 2.06. The van der Waals surface area contributed by atoms with Gasteiger partial charge in [-0.2, -0.15) is 5.26 Å². The number of hydrogen-bond acceptors (Lipinski definition) is 3. The summed E-state index contributed by atoms with van der Waals surface area (Å²) < 4.78 is 0. The van der Waals surface area contributed by atoms with E-state index in [1.165, 1.54) is 5.56 Å². The SMILES string of the molecule is N#Cc1ccc(CNC(CO)Cc2ccccc2)cc1. The molecule has 2 aromatic carbocycles. The Bertz CT molecular complexity index is 558. The molecule has 0 aliphatic heterocycles. The predicted octanol–water partition coefficient (Wildman–Crippen LogP) is 2.25. The second-order valence-corrected chi connectivity index (χ2v) is 4.76. The summed E-state index contributed by atoms with van der Waals surface area (Å²) >= 11 is 0. The van der Waals surface area contributed by atoms with Gasteiger partial charge in [-0.25, -0.2) is 0 Å². The number of aliphatic hydroxyl groups excluding tert-OH is 1. The van der Waals surface area contributed by atoms with Crippen molar-refractivity contribution in [2.75, 3.05) is 6.61 Å². The number of nitriles is 1. The van der Waals surface area contributed by atoms with Crippen LogP contribution >= 0.6 is 0 Å². The normalized spacial score (nSPS) is 11.8. The van der Waals surface area contributed by atoms with Gasteiger partial charge in [0.2, 0.25) is 0 Å². The third-order valence-corrected chi connectivity index (χ3v) is 3.22. The lowest BCUT2D eigenvalue weighted by molar-refractivity contribution is 0.241. The van der Waals surface area contributed by atoms with Crippen molar-refractivity contribution in [1.29, 1.82) is 5.26 Å². The van der Waals surface area contributed by atoms with Crippen LogP contribution in [0.3, 0.4) is 0 Å². The summed E-state index contributed by atoms with van der Waals surface area (Å²) in [6, 6.07) is 19.7. The molecular formula is C17H18N2O. The monoisotopic (exact) mass is 266 g/mol. The van der Waals surface area contributed by atoms with Crippen molar-refractivity contribution in [2.45, 2.75) is 19.0 Å². The van der Waals surface area contributed by atoms with E-state index in [9.17, 15) is 5.11 Å². The van der Waals surface area contributed by atoms with Crippen LogP contribution in [0, 0.1) is 11.3 Å². The first-order valence-electron chi connectivity index (χ1n) is 6.69. The average molecular weight is 266 g/mol. The number of nitrogens with zero attached hydrogens (tertiary/aromatic N) is 1. The number of rotatable bonds is 6. The van der Waals surface area contributed by atoms with Crippen LogP contribution in [0.1, 0.15) is 16.7 Å². The molecule has 0 saturated heterocycles. The van der Waals surface area contributed by atoms with Crippen LogP contribution in [0.5, 0.6) is 0 Å². The highest BCUT2D eigenvalue weighted by Crippen LogP contribution is 2.06. The molecule has 0 amide bonds. The number of benzene rings is 2. The van der Waals surface area contributed by atoms with E-state index in [4.69, 9.17) is 5.26 Å². The van der Waals surface area contributed by atoms with Gasteiger partial charge < -0.3 is 10.4 Å². The topological polar surface area (TPSA) is 56.0 Å².